The van der Waals surface area contributed by atoms with Gasteiger partial charge in [0, 0.05) is 18.3 Å². The number of carbonyl (C=O) groups is 1. The number of methoxy groups -OCH3 is 1. The zero-order chi connectivity index (χ0) is 21.3. The number of anilines is 1. The first-order valence-electron chi connectivity index (χ1n) is 9.32. The average molecular weight is 420 g/mol. The smallest absolute Gasteiger partial charge is 0.294 e. The van der Waals surface area contributed by atoms with Crippen molar-refractivity contribution in [2.24, 2.45) is 0 Å². The summed E-state index contributed by atoms with van der Waals surface area (Å²) in [7, 11) is 3.27. The van der Waals surface area contributed by atoms with Crippen LogP contribution in [0.3, 0.4) is 0 Å². The number of hydrogen-bond acceptors (Lipinski definition) is 6. The Morgan fingerprint density at radius 3 is 2.67 bits per heavy atom. The molecule has 30 heavy (non-hydrogen) atoms. The van der Waals surface area contributed by atoms with Crippen LogP contribution in [0.1, 0.15) is 5.01 Å². The maximum absolute atomic E-state index is 13.0. The molecule has 0 aliphatic rings. The van der Waals surface area contributed by atoms with E-state index in [9.17, 15) is 9.59 Å². The van der Waals surface area contributed by atoms with Crippen molar-refractivity contribution in [1.82, 2.24) is 14.8 Å². The van der Waals surface area contributed by atoms with Gasteiger partial charge in [0.2, 0.25) is 5.91 Å². The number of aromatic nitrogens is 3. The summed E-state index contributed by atoms with van der Waals surface area (Å²) < 4.78 is 7.22. The van der Waals surface area contributed by atoms with Gasteiger partial charge in [-0.2, -0.15) is 5.10 Å². The predicted octanol–water partition coefficient (Wildman–Crippen LogP) is 3.50. The molecule has 0 unspecified atom stereocenters. The fourth-order valence-corrected chi connectivity index (χ4v) is 4.08. The number of para-hydroxylation sites is 1. The van der Waals surface area contributed by atoms with Crippen LogP contribution in [-0.2, 0) is 11.3 Å². The van der Waals surface area contributed by atoms with Gasteiger partial charge in [0.25, 0.3) is 5.56 Å². The molecule has 4 aromatic rings. The van der Waals surface area contributed by atoms with Gasteiger partial charge < -0.3 is 9.64 Å². The number of aryl methyl sites for hydroxylation is 1. The minimum absolute atomic E-state index is 0.187. The molecule has 0 bridgehead atoms. The molecule has 7 nitrogen and oxygen atoms in total. The number of ether oxygens (including phenoxy) is 1. The molecule has 0 atom stereocenters. The van der Waals surface area contributed by atoms with E-state index in [1.54, 1.807) is 14.2 Å². The topological polar surface area (TPSA) is 77.3 Å². The van der Waals surface area contributed by atoms with Crippen molar-refractivity contribution in [1.29, 1.82) is 0 Å². The molecule has 0 radical (unpaired) electrons. The molecule has 0 saturated heterocycles. The monoisotopic (exact) mass is 420 g/mol. The molecule has 2 heterocycles. The van der Waals surface area contributed by atoms with Gasteiger partial charge in [0.05, 0.1) is 16.8 Å². The summed E-state index contributed by atoms with van der Waals surface area (Å²) in [5.74, 6) is 0.431. The first-order chi connectivity index (χ1) is 14.5. The lowest BCUT2D eigenvalue weighted by atomic mass is 10.1. The molecule has 2 aromatic heterocycles. The molecule has 0 aliphatic carbocycles. The fraction of sp³-hybridized carbons (Fsp3) is 0.182. The van der Waals surface area contributed by atoms with E-state index in [4.69, 9.17) is 4.74 Å². The maximum atomic E-state index is 13.0. The fourth-order valence-electron chi connectivity index (χ4n) is 3.16. The molecule has 152 valence electrons. The van der Waals surface area contributed by atoms with Crippen LogP contribution >= 0.6 is 11.3 Å². The molecular formula is C22H20N4O3S. The number of carbonyl (C=O) groups excluding carboxylic acids is 1. The van der Waals surface area contributed by atoms with E-state index in [1.807, 2.05) is 61.5 Å². The molecular weight excluding hydrogens is 400 g/mol. The molecule has 0 N–H and O–H groups in total. The van der Waals surface area contributed by atoms with Crippen molar-refractivity contribution in [3.63, 3.8) is 0 Å². The van der Waals surface area contributed by atoms with Gasteiger partial charge in [-0.25, -0.2) is 9.67 Å². The Kier molecular flexibility index (Phi) is 5.33. The third-order valence-electron chi connectivity index (χ3n) is 4.75. The molecule has 1 amide bonds. The van der Waals surface area contributed by atoms with Crippen LogP contribution in [0.25, 0.3) is 21.5 Å². The summed E-state index contributed by atoms with van der Waals surface area (Å²) in [6.45, 7) is 1.66. The molecule has 0 aliphatic heterocycles. The van der Waals surface area contributed by atoms with E-state index >= 15 is 0 Å². The summed E-state index contributed by atoms with van der Waals surface area (Å²) in [6, 6.07) is 16.7. The first kappa shape index (κ1) is 19.8. The molecule has 8 heteroatoms. The number of fused-ring (bicyclic) bond motifs is 1. The van der Waals surface area contributed by atoms with Crippen LogP contribution in [0.5, 0.6) is 5.75 Å². The van der Waals surface area contributed by atoms with Gasteiger partial charge >= 0.3 is 0 Å². The molecule has 2 aromatic carbocycles. The van der Waals surface area contributed by atoms with Gasteiger partial charge in [-0.15, -0.1) is 11.3 Å². The van der Waals surface area contributed by atoms with E-state index in [2.05, 4.69) is 10.1 Å². The second-order valence-electron chi connectivity index (χ2n) is 6.74. The second-order valence-corrected chi connectivity index (χ2v) is 7.95. The highest BCUT2D eigenvalue weighted by molar-refractivity contribution is 7.19. The number of nitrogens with zero attached hydrogens (tertiary/aromatic N) is 4. The Hall–Kier alpha value is -3.52. The van der Waals surface area contributed by atoms with Gasteiger partial charge in [-0.3, -0.25) is 9.59 Å². The quantitative estimate of drug-likeness (QED) is 0.494. The largest absolute Gasteiger partial charge is 0.497 e. The van der Waals surface area contributed by atoms with E-state index in [-0.39, 0.29) is 18.0 Å². The van der Waals surface area contributed by atoms with Crippen LogP contribution in [0.2, 0.25) is 0 Å². The summed E-state index contributed by atoms with van der Waals surface area (Å²) in [4.78, 5) is 31.7. The van der Waals surface area contributed by atoms with Crippen LogP contribution < -0.4 is 15.2 Å². The SMILES string of the molecule is COc1cccc(-c2nn(CC(=O)N(C)c3ccccc3)c(=O)c3nc(C)sc23)c1. The van der Waals surface area contributed by atoms with E-state index in [0.29, 0.717) is 21.7 Å². The zero-order valence-corrected chi connectivity index (χ0v) is 17.6. The minimum atomic E-state index is -0.379. The standard InChI is InChI=1S/C22H20N4O3S/c1-14-23-20-21(30-14)19(15-8-7-11-17(12-15)29-3)24-26(22(20)28)13-18(27)25(2)16-9-5-4-6-10-16/h4-12H,13H2,1-3H3. The first-order valence-corrected chi connectivity index (χ1v) is 10.1. The summed E-state index contributed by atoms with van der Waals surface area (Å²) in [6.07, 6.45) is 0. The van der Waals surface area contributed by atoms with E-state index in [1.165, 1.54) is 20.9 Å². The van der Waals surface area contributed by atoms with Gasteiger partial charge in [0.15, 0.2) is 5.52 Å². The Morgan fingerprint density at radius 1 is 1.17 bits per heavy atom. The number of rotatable bonds is 5. The lowest BCUT2D eigenvalue weighted by Gasteiger charge is -2.18. The Labute approximate surface area is 177 Å². The molecule has 0 saturated carbocycles. The van der Waals surface area contributed by atoms with Crippen molar-refractivity contribution in [3.05, 3.63) is 70.0 Å². The summed E-state index contributed by atoms with van der Waals surface area (Å²) in [5.41, 5.74) is 2.08. The van der Waals surface area contributed by atoms with E-state index < -0.39 is 0 Å². The number of hydrogen-bond donors (Lipinski definition) is 0. The van der Waals surface area contributed by atoms with Gasteiger partial charge in [0.1, 0.15) is 18.0 Å². The Balaban J connectivity index is 1.80. The average Bonchev–Trinajstić information content (AvgIpc) is 3.17. The third kappa shape index (κ3) is 3.69. The highest BCUT2D eigenvalue weighted by Crippen LogP contribution is 2.31. The Morgan fingerprint density at radius 2 is 1.93 bits per heavy atom. The van der Waals surface area contributed by atoms with Gasteiger partial charge in [-0.05, 0) is 31.2 Å². The second kappa shape index (κ2) is 8.08. The lowest BCUT2D eigenvalue weighted by Crippen LogP contribution is -2.35. The number of benzene rings is 2. The maximum Gasteiger partial charge on any atom is 0.294 e. The van der Waals surface area contributed by atoms with Crippen LogP contribution in [0.15, 0.2) is 59.4 Å². The zero-order valence-electron chi connectivity index (χ0n) is 16.8. The number of likely N-dealkylation sites (N-methyl/N-ethyl adjacent to an activating group) is 1. The Bertz CT molecular complexity index is 1280. The number of amides is 1. The van der Waals surface area contributed by atoms with Crippen LogP contribution in [-0.4, -0.2) is 34.8 Å². The van der Waals surface area contributed by atoms with Crippen molar-refractivity contribution >= 4 is 33.1 Å². The van der Waals surface area contributed by atoms with Crippen LogP contribution in [0, 0.1) is 6.92 Å². The van der Waals surface area contributed by atoms with Crippen molar-refractivity contribution in [2.45, 2.75) is 13.5 Å². The van der Waals surface area contributed by atoms with Crippen molar-refractivity contribution < 1.29 is 9.53 Å². The van der Waals surface area contributed by atoms with Crippen LogP contribution in [0.4, 0.5) is 5.69 Å². The number of thiazole rings is 1. The molecule has 0 fully saturated rings. The van der Waals surface area contributed by atoms with E-state index in [0.717, 1.165) is 16.3 Å². The highest BCUT2D eigenvalue weighted by Gasteiger charge is 2.20. The normalized spacial score (nSPS) is 10.9. The summed E-state index contributed by atoms with van der Waals surface area (Å²) >= 11 is 1.41. The lowest BCUT2D eigenvalue weighted by molar-refractivity contribution is -0.119. The summed E-state index contributed by atoms with van der Waals surface area (Å²) in [5, 5.41) is 5.31. The minimum Gasteiger partial charge on any atom is -0.497 e. The third-order valence-corrected chi connectivity index (χ3v) is 5.73. The van der Waals surface area contributed by atoms with Crippen molar-refractivity contribution in [3.8, 4) is 17.0 Å². The van der Waals surface area contributed by atoms with Gasteiger partial charge in [-0.1, -0.05) is 30.3 Å². The predicted molar refractivity (Wildman–Crippen MR) is 118 cm³/mol. The molecule has 4 rings (SSSR count). The molecule has 0 spiro atoms. The van der Waals surface area contributed by atoms with Crippen molar-refractivity contribution in [2.75, 3.05) is 19.1 Å². The highest BCUT2D eigenvalue weighted by atomic mass is 32.1.